The van der Waals surface area contributed by atoms with Crippen molar-refractivity contribution in [3.05, 3.63) is 23.9 Å². The largest absolute Gasteiger partial charge is 0.478 e. The molecule has 1 aromatic rings. The van der Waals surface area contributed by atoms with Crippen LogP contribution in [0.2, 0.25) is 0 Å². The molecule has 6 nitrogen and oxygen atoms in total. The van der Waals surface area contributed by atoms with Crippen LogP contribution in [0.5, 0.6) is 0 Å². The van der Waals surface area contributed by atoms with Crippen molar-refractivity contribution in [2.45, 2.75) is 5.76 Å². The lowest BCUT2D eigenvalue weighted by molar-refractivity contribution is 0.0697. The molecule has 0 spiro atoms. The van der Waals surface area contributed by atoms with Gasteiger partial charge in [-0.05, 0) is 12.1 Å². The van der Waals surface area contributed by atoms with Crippen molar-refractivity contribution in [3.63, 3.8) is 0 Å². The number of aromatic nitrogens is 1. The average molecular weight is 252 g/mol. The molecule has 0 atom stereocenters. The maximum absolute atomic E-state index is 12.0. The van der Waals surface area contributed by atoms with Crippen LogP contribution in [0.15, 0.2) is 18.3 Å². The van der Waals surface area contributed by atoms with Crippen LogP contribution in [0.4, 0.5) is 14.6 Å². The summed E-state index contributed by atoms with van der Waals surface area (Å²) in [5.74, 6) is -5.77. The van der Waals surface area contributed by atoms with E-state index >= 15 is 0 Å². The summed E-state index contributed by atoms with van der Waals surface area (Å²) in [7, 11) is -4.92. The average Bonchev–Trinajstić information content (AvgIpc) is 2.17. The monoisotopic (exact) mass is 252 g/mol. The molecule has 0 aliphatic heterocycles. The third-order valence-electron chi connectivity index (χ3n) is 1.51. The van der Waals surface area contributed by atoms with Crippen molar-refractivity contribution in [2.75, 3.05) is 4.72 Å². The van der Waals surface area contributed by atoms with Crippen molar-refractivity contribution in [1.29, 1.82) is 0 Å². The first-order chi connectivity index (χ1) is 7.34. The second-order valence-corrected chi connectivity index (χ2v) is 4.26. The van der Waals surface area contributed by atoms with E-state index in [1.54, 1.807) is 0 Å². The van der Waals surface area contributed by atoms with Gasteiger partial charge in [0.2, 0.25) is 0 Å². The number of nitrogens with one attached hydrogen (secondary N) is 1. The van der Waals surface area contributed by atoms with Gasteiger partial charge in [-0.15, -0.1) is 0 Å². The summed E-state index contributed by atoms with van der Waals surface area (Å²) in [5, 5.41) is 8.64. The number of carboxylic acid groups (broad SMARTS) is 1. The van der Waals surface area contributed by atoms with E-state index < -0.39 is 33.1 Å². The number of sulfonamides is 1. The minimum absolute atomic E-state index is 0.508. The van der Waals surface area contributed by atoms with E-state index in [0.717, 1.165) is 12.3 Å². The van der Waals surface area contributed by atoms with Crippen LogP contribution < -0.4 is 4.72 Å². The number of carbonyl (C=O) groups is 1. The third kappa shape index (κ3) is 2.63. The number of hydrogen-bond donors (Lipinski definition) is 2. The second kappa shape index (κ2) is 4.39. The first-order valence-electron chi connectivity index (χ1n) is 3.82. The molecule has 2 N–H and O–H groups in total. The Balaban J connectivity index is 3.12. The van der Waals surface area contributed by atoms with E-state index in [-0.39, 0.29) is 0 Å². The van der Waals surface area contributed by atoms with Gasteiger partial charge in [0, 0.05) is 6.20 Å². The molecule has 0 amide bonds. The second-order valence-electron chi connectivity index (χ2n) is 2.61. The number of nitrogens with zero attached hydrogens (tertiary/aromatic N) is 1. The van der Waals surface area contributed by atoms with Gasteiger partial charge in [-0.25, -0.2) is 18.2 Å². The third-order valence-corrected chi connectivity index (χ3v) is 2.46. The van der Waals surface area contributed by atoms with Gasteiger partial charge in [-0.2, -0.15) is 8.78 Å². The fourth-order valence-corrected chi connectivity index (χ4v) is 1.36. The molecule has 0 fully saturated rings. The normalized spacial score (nSPS) is 11.4. The smallest absolute Gasteiger partial charge is 0.355 e. The predicted octanol–water partition coefficient (Wildman–Crippen LogP) is 0.744. The van der Waals surface area contributed by atoms with Gasteiger partial charge in [0.1, 0.15) is 5.56 Å². The molecule has 88 valence electrons. The van der Waals surface area contributed by atoms with Crippen LogP contribution in [-0.4, -0.2) is 30.2 Å². The minimum Gasteiger partial charge on any atom is -0.478 e. The van der Waals surface area contributed by atoms with Gasteiger partial charge in [-0.3, -0.25) is 4.72 Å². The van der Waals surface area contributed by atoms with Gasteiger partial charge < -0.3 is 5.11 Å². The summed E-state index contributed by atoms with van der Waals surface area (Å²) in [6.07, 6.45) is 1.08. The summed E-state index contributed by atoms with van der Waals surface area (Å²) < 4.78 is 47.0. The zero-order valence-electron chi connectivity index (χ0n) is 7.59. The van der Waals surface area contributed by atoms with E-state index in [1.807, 2.05) is 0 Å². The fraction of sp³-hybridized carbons (Fsp3) is 0.143. The van der Waals surface area contributed by atoms with Gasteiger partial charge in [0.25, 0.3) is 10.0 Å². The highest BCUT2D eigenvalue weighted by atomic mass is 32.2. The molecular formula is C7H6F2N2O4S. The van der Waals surface area contributed by atoms with Gasteiger partial charge >= 0.3 is 11.7 Å². The zero-order valence-corrected chi connectivity index (χ0v) is 8.41. The Morgan fingerprint density at radius 2 is 2.12 bits per heavy atom. The molecule has 0 aliphatic rings. The number of halogens is 2. The molecule has 0 aliphatic carbocycles. The lowest BCUT2D eigenvalue weighted by Gasteiger charge is -2.07. The molecule has 0 bridgehead atoms. The maximum atomic E-state index is 12.0. The van der Waals surface area contributed by atoms with Crippen molar-refractivity contribution in [3.8, 4) is 0 Å². The molecule has 9 heteroatoms. The number of anilines is 1. The summed E-state index contributed by atoms with van der Waals surface area (Å²) in [4.78, 5) is 14.0. The van der Waals surface area contributed by atoms with Crippen LogP contribution >= 0.6 is 0 Å². The van der Waals surface area contributed by atoms with Crippen LogP contribution in [0.1, 0.15) is 10.4 Å². The Morgan fingerprint density at radius 1 is 1.50 bits per heavy atom. The summed E-state index contributed by atoms with van der Waals surface area (Å²) in [6, 6.07) is 2.28. The number of alkyl halides is 2. The molecule has 1 heterocycles. The lowest BCUT2D eigenvalue weighted by Crippen LogP contribution is -2.22. The quantitative estimate of drug-likeness (QED) is 0.824. The Labute approximate surface area is 89.0 Å². The van der Waals surface area contributed by atoms with E-state index in [4.69, 9.17) is 5.11 Å². The summed E-state index contributed by atoms with van der Waals surface area (Å²) >= 11 is 0. The van der Waals surface area contributed by atoms with Crippen molar-refractivity contribution in [2.24, 2.45) is 0 Å². The molecule has 0 saturated carbocycles. The first-order valence-corrected chi connectivity index (χ1v) is 5.37. The number of aromatic carboxylic acids is 1. The van der Waals surface area contributed by atoms with Crippen LogP contribution in [0, 0.1) is 0 Å². The molecule has 16 heavy (non-hydrogen) atoms. The molecule has 0 unspecified atom stereocenters. The Hall–Kier alpha value is -1.77. The van der Waals surface area contributed by atoms with Crippen molar-refractivity contribution in [1.82, 2.24) is 4.98 Å². The lowest BCUT2D eigenvalue weighted by atomic mass is 10.3. The van der Waals surface area contributed by atoms with Crippen molar-refractivity contribution < 1.29 is 27.1 Å². The van der Waals surface area contributed by atoms with Gasteiger partial charge in [-0.1, -0.05) is 0 Å². The topological polar surface area (TPSA) is 96.4 Å². The summed E-state index contributed by atoms with van der Waals surface area (Å²) in [6.45, 7) is 0. The highest BCUT2D eigenvalue weighted by Gasteiger charge is 2.26. The standard InChI is InChI=1S/C7H6F2N2O4S/c8-7(9)16(14,15)11-5-4(6(12)13)2-1-3-10-5/h1-3,7H,(H,10,11)(H,12,13). The minimum atomic E-state index is -4.92. The molecule has 1 aromatic heterocycles. The van der Waals surface area contributed by atoms with Crippen molar-refractivity contribution >= 4 is 21.8 Å². The molecule has 1 rings (SSSR count). The first kappa shape index (κ1) is 12.3. The highest BCUT2D eigenvalue weighted by Crippen LogP contribution is 2.15. The Bertz CT molecular complexity index is 503. The highest BCUT2D eigenvalue weighted by molar-refractivity contribution is 7.93. The van der Waals surface area contributed by atoms with Crippen LogP contribution in [-0.2, 0) is 10.0 Å². The van der Waals surface area contributed by atoms with Gasteiger partial charge in [0.15, 0.2) is 5.82 Å². The number of carboxylic acids is 1. The Kier molecular flexibility index (Phi) is 3.38. The van der Waals surface area contributed by atoms with E-state index in [2.05, 4.69) is 4.98 Å². The SMILES string of the molecule is O=C(O)c1cccnc1NS(=O)(=O)C(F)F. The molecule has 0 aromatic carbocycles. The Morgan fingerprint density at radius 3 is 2.62 bits per heavy atom. The maximum Gasteiger partial charge on any atom is 0.355 e. The number of hydrogen-bond acceptors (Lipinski definition) is 4. The van der Waals surface area contributed by atoms with Gasteiger partial charge in [0.05, 0.1) is 0 Å². The fourth-order valence-electron chi connectivity index (χ4n) is 0.839. The van der Waals surface area contributed by atoms with Crippen LogP contribution in [0.3, 0.4) is 0 Å². The zero-order chi connectivity index (χ0) is 12.3. The molecular weight excluding hydrogens is 246 g/mol. The molecule has 0 radical (unpaired) electrons. The number of rotatable bonds is 4. The summed E-state index contributed by atoms with van der Waals surface area (Å²) in [5.41, 5.74) is -0.508. The van der Waals surface area contributed by atoms with Crippen LogP contribution in [0.25, 0.3) is 0 Å². The van der Waals surface area contributed by atoms with E-state index in [1.165, 1.54) is 10.8 Å². The molecule has 0 saturated heterocycles. The predicted molar refractivity (Wildman–Crippen MR) is 49.7 cm³/mol. The number of pyridine rings is 1. The van der Waals surface area contributed by atoms with E-state index in [0.29, 0.717) is 0 Å². The van der Waals surface area contributed by atoms with E-state index in [9.17, 15) is 22.0 Å².